The topological polar surface area (TPSA) is 0 Å². The van der Waals surface area contributed by atoms with E-state index in [0.717, 1.165) is 6.42 Å². The first kappa shape index (κ1) is 20.2. The standard InChI is InChI=1S/C21H26.2ClH.Zr/c1-20(2,3)16-7-9-18-14(12-16)11-15-13-17(21(4,5)6)8-10-19(15)18;;;/h7-10,12-13H,11H2,1-6H3;2*1H;/q;;;+2/p-2. The van der Waals surface area contributed by atoms with Gasteiger partial charge in [-0.15, -0.1) is 0 Å². The number of rotatable bonds is 0. The zero-order valence-electron chi connectivity index (χ0n) is 15.4. The van der Waals surface area contributed by atoms with Crippen molar-refractivity contribution >= 4 is 17.0 Å². The summed E-state index contributed by atoms with van der Waals surface area (Å²) < 4.78 is 0. The molecule has 2 aromatic carbocycles. The number of halogens is 2. The average Bonchev–Trinajstić information content (AvgIpc) is 2.82. The Balaban J connectivity index is 0.000000647. The van der Waals surface area contributed by atoms with Crippen LogP contribution in [0.4, 0.5) is 0 Å². The zero-order chi connectivity index (χ0) is 18.1. The van der Waals surface area contributed by atoms with E-state index in [1.807, 2.05) is 0 Å². The van der Waals surface area contributed by atoms with Gasteiger partial charge in [-0.25, -0.2) is 0 Å². The van der Waals surface area contributed by atoms with Crippen molar-refractivity contribution in [1.82, 2.24) is 0 Å². The Hall–Kier alpha value is -0.0969. The second-order valence-corrected chi connectivity index (χ2v) is 12.2. The molecule has 0 radical (unpaired) electrons. The first-order chi connectivity index (χ1) is 11.1. The summed E-state index contributed by atoms with van der Waals surface area (Å²) in [4.78, 5) is 0. The molecule has 0 nitrogen and oxygen atoms in total. The van der Waals surface area contributed by atoms with Gasteiger partial charge in [-0.3, -0.25) is 0 Å². The third-order valence-electron chi connectivity index (χ3n) is 4.61. The molecule has 3 rings (SSSR count). The first-order valence-electron chi connectivity index (χ1n) is 8.31. The van der Waals surface area contributed by atoms with Gasteiger partial charge < -0.3 is 0 Å². The molecule has 3 heteroatoms. The third-order valence-corrected chi connectivity index (χ3v) is 4.61. The molecule has 0 saturated carbocycles. The number of benzene rings is 2. The van der Waals surface area contributed by atoms with Crippen molar-refractivity contribution in [1.29, 1.82) is 0 Å². The summed E-state index contributed by atoms with van der Waals surface area (Å²) in [5, 5.41) is 0. The van der Waals surface area contributed by atoms with Gasteiger partial charge in [0.1, 0.15) is 0 Å². The van der Waals surface area contributed by atoms with E-state index in [1.54, 1.807) is 0 Å². The molecule has 0 unspecified atom stereocenters. The minimum absolute atomic E-state index is 0.223. The second-order valence-electron chi connectivity index (χ2n) is 8.49. The predicted molar refractivity (Wildman–Crippen MR) is 104 cm³/mol. The summed E-state index contributed by atoms with van der Waals surface area (Å²) in [5.41, 5.74) is 9.15. The Morgan fingerprint density at radius 1 is 0.708 bits per heavy atom. The molecule has 0 bridgehead atoms. The van der Waals surface area contributed by atoms with Crippen molar-refractivity contribution in [2.75, 3.05) is 0 Å². The Morgan fingerprint density at radius 3 is 1.33 bits per heavy atom. The molecule has 0 N–H and O–H groups in total. The van der Waals surface area contributed by atoms with Gasteiger partial charge in [0.15, 0.2) is 0 Å². The zero-order valence-corrected chi connectivity index (χ0v) is 19.4. The maximum atomic E-state index is 4.93. The third kappa shape index (κ3) is 4.54. The number of fused-ring (bicyclic) bond motifs is 3. The minimum atomic E-state index is -0.826. The maximum absolute atomic E-state index is 4.93. The van der Waals surface area contributed by atoms with Crippen LogP contribution in [0.15, 0.2) is 36.4 Å². The van der Waals surface area contributed by atoms with Gasteiger partial charge in [-0.1, -0.05) is 77.9 Å². The fourth-order valence-electron chi connectivity index (χ4n) is 3.14. The molecular formula is C21H26Cl2Zr. The van der Waals surface area contributed by atoms with Crippen molar-refractivity contribution in [2.45, 2.75) is 58.8 Å². The Morgan fingerprint density at radius 2 is 1.04 bits per heavy atom. The van der Waals surface area contributed by atoms with Crippen LogP contribution in [0.1, 0.15) is 63.8 Å². The van der Waals surface area contributed by atoms with Gasteiger partial charge in [-0.05, 0) is 50.6 Å². The van der Waals surface area contributed by atoms with E-state index < -0.39 is 20.8 Å². The van der Waals surface area contributed by atoms with Crippen molar-refractivity contribution in [2.24, 2.45) is 0 Å². The van der Waals surface area contributed by atoms with E-state index >= 15 is 0 Å². The quantitative estimate of drug-likeness (QED) is 0.346. The van der Waals surface area contributed by atoms with Crippen LogP contribution < -0.4 is 0 Å². The molecule has 0 spiro atoms. The number of hydrogen-bond acceptors (Lipinski definition) is 0. The van der Waals surface area contributed by atoms with Crippen LogP contribution in [0, 0.1) is 0 Å². The van der Waals surface area contributed by atoms with Crippen molar-refractivity contribution < 1.29 is 20.8 Å². The van der Waals surface area contributed by atoms with E-state index in [9.17, 15) is 0 Å². The monoisotopic (exact) mass is 438 g/mol. The molecular weight excluding hydrogens is 414 g/mol. The summed E-state index contributed by atoms with van der Waals surface area (Å²) in [7, 11) is 9.87. The summed E-state index contributed by atoms with van der Waals surface area (Å²) in [5.74, 6) is 0. The van der Waals surface area contributed by atoms with Gasteiger partial charge in [0.25, 0.3) is 0 Å². The van der Waals surface area contributed by atoms with Crippen LogP contribution in [-0.4, -0.2) is 0 Å². The first-order valence-corrected chi connectivity index (χ1v) is 14.6. The van der Waals surface area contributed by atoms with Gasteiger partial charge in [-0.2, -0.15) is 0 Å². The molecule has 0 aromatic heterocycles. The number of hydrogen-bond donors (Lipinski definition) is 0. The molecule has 0 amide bonds. The van der Waals surface area contributed by atoms with E-state index in [-0.39, 0.29) is 10.8 Å². The summed E-state index contributed by atoms with van der Waals surface area (Å²) in [6.45, 7) is 13.7. The van der Waals surface area contributed by atoms with Crippen molar-refractivity contribution in [3.05, 3.63) is 58.7 Å². The second kappa shape index (κ2) is 7.65. The molecule has 1 aliphatic carbocycles. The van der Waals surface area contributed by atoms with E-state index in [0.29, 0.717) is 0 Å². The summed E-state index contributed by atoms with van der Waals surface area (Å²) in [6, 6.07) is 14.0. The van der Waals surface area contributed by atoms with Gasteiger partial charge >= 0.3 is 37.9 Å². The molecule has 0 saturated heterocycles. The van der Waals surface area contributed by atoms with Gasteiger partial charge in [0, 0.05) is 0 Å². The van der Waals surface area contributed by atoms with Crippen LogP contribution >= 0.6 is 17.0 Å². The van der Waals surface area contributed by atoms with E-state index in [4.69, 9.17) is 17.0 Å². The van der Waals surface area contributed by atoms with Crippen LogP contribution in [0.5, 0.6) is 0 Å². The fourth-order valence-corrected chi connectivity index (χ4v) is 3.14. The van der Waals surface area contributed by atoms with Crippen LogP contribution in [0.2, 0.25) is 0 Å². The van der Waals surface area contributed by atoms with Crippen LogP contribution in [0.25, 0.3) is 11.1 Å². The fraction of sp³-hybridized carbons (Fsp3) is 0.429. The Kier molecular flexibility index (Phi) is 6.44. The Bertz CT molecular complexity index is 660. The molecule has 0 aliphatic heterocycles. The van der Waals surface area contributed by atoms with E-state index in [2.05, 4.69) is 77.9 Å². The molecule has 1 aliphatic rings. The molecule has 2 aromatic rings. The Labute approximate surface area is 165 Å². The van der Waals surface area contributed by atoms with Crippen molar-refractivity contribution in [3.8, 4) is 11.1 Å². The molecule has 0 fully saturated rings. The molecule has 24 heavy (non-hydrogen) atoms. The van der Waals surface area contributed by atoms with Crippen molar-refractivity contribution in [3.63, 3.8) is 0 Å². The van der Waals surface area contributed by atoms with E-state index in [1.165, 1.54) is 33.4 Å². The normalized spacial score (nSPS) is 12.8. The summed E-state index contributed by atoms with van der Waals surface area (Å²) >= 11 is -0.826. The predicted octanol–water partition coefficient (Wildman–Crippen LogP) is 7.23. The van der Waals surface area contributed by atoms with Gasteiger partial charge in [0.2, 0.25) is 0 Å². The summed E-state index contributed by atoms with van der Waals surface area (Å²) in [6.07, 6.45) is 1.08. The van der Waals surface area contributed by atoms with Crippen LogP contribution in [-0.2, 0) is 38.1 Å². The molecule has 0 heterocycles. The van der Waals surface area contributed by atoms with Crippen LogP contribution in [0.3, 0.4) is 0 Å². The average molecular weight is 441 g/mol. The van der Waals surface area contributed by atoms with Gasteiger partial charge in [0.05, 0.1) is 0 Å². The molecule has 0 atom stereocenters. The molecule has 128 valence electrons. The SMILES string of the molecule is CC(C)(C)c1ccc2c(c1)Cc1cc(C(C)(C)C)ccc1-2.[Cl][Zr][Cl].